The van der Waals surface area contributed by atoms with E-state index >= 15 is 0 Å². The van der Waals surface area contributed by atoms with Crippen molar-refractivity contribution < 1.29 is 22.4 Å². The molecule has 0 radical (unpaired) electrons. The second kappa shape index (κ2) is 12.2. The number of amides is 2. The number of carbonyl (C=O) groups excluding carboxylic acids is 2. The molecule has 0 spiro atoms. The molecule has 1 atom stereocenters. The van der Waals surface area contributed by atoms with Crippen LogP contribution in [0.2, 0.25) is 0 Å². The van der Waals surface area contributed by atoms with E-state index in [0.717, 1.165) is 4.31 Å². The molecular weight excluding hydrogens is 505 g/mol. The second-order valence-electron chi connectivity index (χ2n) is 9.97. The third kappa shape index (κ3) is 7.41. The van der Waals surface area contributed by atoms with Gasteiger partial charge >= 0.3 is 0 Å². The minimum absolute atomic E-state index is 0.00317. The number of sulfonamides is 1. The molecule has 0 aliphatic heterocycles. The van der Waals surface area contributed by atoms with Crippen molar-refractivity contribution in [2.45, 2.75) is 57.1 Å². The molecule has 1 N–H and O–H groups in total. The Labute approximate surface area is 224 Å². The van der Waals surface area contributed by atoms with E-state index in [4.69, 9.17) is 0 Å². The molecule has 2 amide bonds. The lowest BCUT2D eigenvalue weighted by atomic mass is 10.1. The van der Waals surface area contributed by atoms with Crippen molar-refractivity contribution in [3.63, 3.8) is 0 Å². The third-order valence-electron chi connectivity index (χ3n) is 5.80. The molecule has 7 nitrogen and oxygen atoms in total. The van der Waals surface area contributed by atoms with Gasteiger partial charge in [-0.2, -0.15) is 0 Å². The van der Waals surface area contributed by atoms with Crippen LogP contribution in [0, 0.1) is 5.82 Å². The van der Waals surface area contributed by atoms with Gasteiger partial charge in [-0.1, -0.05) is 55.5 Å². The van der Waals surface area contributed by atoms with Gasteiger partial charge in [0.2, 0.25) is 11.8 Å². The number of halogens is 1. The monoisotopic (exact) mass is 539 g/mol. The first-order chi connectivity index (χ1) is 17.9. The molecule has 38 heavy (non-hydrogen) atoms. The molecular formula is C29H34FN3O4S. The first-order valence-electron chi connectivity index (χ1n) is 12.4. The molecule has 3 aromatic carbocycles. The predicted octanol–water partition coefficient (Wildman–Crippen LogP) is 4.74. The van der Waals surface area contributed by atoms with Crippen LogP contribution < -0.4 is 9.62 Å². The summed E-state index contributed by atoms with van der Waals surface area (Å²) in [5, 5.41) is 2.92. The zero-order chi connectivity index (χ0) is 27.9. The zero-order valence-corrected chi connectivity index (χ0v) is 22.9. The summed E-state index contributed by atoms with van der Waals surface area (Å²) in [5.74, 6) is -1.34. The van der Waals surface area contributed by atoms with E-state index in [-0.39, 0.29) is 17.3 Å². The number of benzene rings is 3. The summed E-state index contributed by atoms with van der Waals surface area (Å²) in [4.78, 5) is 28.6. The average Bonchev–Trinajstić information content (AvgIpc) is 2.88. The Morgan fingerprint density at radius 1 is 0.895 bits per heavy atom. The van der Waals surface area contributed by atoms with E-state index in [1.807, 2.05) is 20.8 Å². The van der Waals surface area contributed by atoms with Gasteiger partial charge in [-0.15, -0.1) is 0 Å². The topological polar surface area (TPSA) is 86.8 Å². The summed E-state index contributed by atoms with van der Waals surface area (Å²) < 4.78 is 42.0. The largest absolute Gasteiger partial charge is 0.350 e. The van der Waals surface area contributed by atoms with Gasteiger partial charge in [0.25, 0.3) is 10.0 Å². The molecule has 0 aromatic heterocycles. The number of carbonyl (C=O) groups is 2. The van der Waals surface area contributed by atoms with Gasteiger partial charge in [-0.05, 0) is 69.2 Å². The zero-order valence-electron chi connectivity index (χ0n) is 22.1. The van der Waals surface area contributed by atoms with Crippen LogP contribution in [0.4, 0.5) is 10.1 Å². The molecule has 0 bridgehead atoms. The fourth-order valence-electron chi connectivity index (χ4n) is 4.00. The van der Waals surface area contributed by atoms with Crippen molar-refractivity contribution in [1.82, 2.24) is 10.2 Å². The number of nitrogens with zero attached hydrogens (tertiary/aromatic N) is 2. The third-order valence-corrected chi connectivity index (χ3v) is 7.59. The van der Waals surface area contributed by atoms with Crippen LogP contribution in [0.5, 0.6) is 0 Å². The molecule has 3 aromatic rings. The highest BCUT2D eigenvalue weighted by Crippen LogP contribution is 2.24. The maximum atomic E-state index is 13.9. The van der Waals surface area contributed by atoms with E-state index in [1.165, 1.54) is 29.2 Å². The van der Waals surface area contributed by atoms with E-state index in [0.29, 0.717) is 17.7 Å². The van der Waals surface area contributed by atoms with Crippen LogP contribution in [0.25, 0.3) is 0 Å². The molecule has 9 heteroatoms. The fourth-order valence-corrected chi connectivity index (χ4v) is 5.44. The molecule has 0 aliphatic rings. The van der Waals surface area contributed by atoms with Crippen LogP contribution in [-0.4, -0.2) is 43.3 Å². The Balaban J connectivity index is 2.03. The number of hydrogen-bond acceptors (Lipinski definition) is 4. The summed E-state index contributed by atoms with van der Waals surface area (Å²) in [6.45, 7) is 6.78. The van der Waals surface area contributed by atoms with Crippen LogP contribution in [0.3, 0.4) is 0 Å². The van der Waals surface area contributed by atoms with Crippen molar-refractivity contribution >= 4 is 27.5 Å². The second-order valence-corrected chi connectivity index (χ2v) is 11.8. The minimum Gasteiger partial charge on any atom is -0.350 e. The van der Waals surface area contributed by atoms with Crippen molar-refractivity contribution in [1.29, 1.82) is 0 Å². The highest BCUT2D eigenvalue weighted by atomic mass is 32.2. The SMILES string of the molecule is CC[C@H](C(=O)NC(C)(C)C)N(Cc1ccc(F)cc1)C(=O)CN(c1ccccc1)S(=O)(=O)c1ccccc1. The lowest BCUT2D eigenvalue weighted by Gasteiger charge is -2.34. The van der Waals surface area contributed by atoms with Gasteiger partial charge in [0.05, 0.1) is 10.6 Å². The lowest BCUT2D eigenvalue weighted by Crippen LogP contribution is -2.55. The molecule has 0 aliphatic carbocycles. The minimum atomic E-state index is -4.11. The molecule has 0 saturated carbocycles. The number of hydrogen-bond donors (Lipinski definition) is 1. The summed E-state index contributed by atoms with van der Waals surface area (Å²) in [7, 11) is -4.11. The highest BCUT2D eigenvalue weighted by molar-refractivity contribution is 7.92. The Hall–Kier alpha value is -3.72. The number of rotatable bonds is 10. The van der Waals surface area contributed by atoms with Gasteiger partial charge in [0, 0.05) is 12.1 Å². The van der Waals surface area contributed by atoms with Gasteiger partial charge in [0.1, 0.15) is 18.4 Å². The quantitative estimate of drug-likeness (QED) is 0.403. The van der Waals surface area contributed by atoms with Crippen LogP contribution in [0.1, 0.15) is 39.7 Å². The van der Waals surface area contributed by atoms with Crippen molar-refractivity contribution in [3.05, 3.63) is 96.3 Å². The Morgan fingerprint density at radius 3 is 1.97 bits per heavy atom. The summed E-state index contributed by atoms with van der Waals surface area (Å²) >= 11 is 0. The Morgan fingerprint density at radius 2 is 1.45 bits per heavy atom. The van der Waals surface area contributed by atoms with E-state index in [1.54, 1.807) is 67.6 Å². The molecule has 0 heterocycles. The summed E-state index contributed by atoms with van der Waals surface area (Å²) in [6.07, 6.45) is 0.297. The molecule has 3 rings (SSSR count). The highest BCUT2D eigenvalue weighted by Gasteiger charge is 2.34. The van der Waals surface area contributed by atoms with Crippen LogP contribution >= 0.6 is 0 Å². The molecule has 0 fully saturated rings. The van der Waals surface area contributed by atoms with Crippen LogP contribution in [0.15, 0.2) is 89.8 Å². The molecule has 0 saturated heterocycles. The smallest absolute Gasteiger partial charge is 0.264 e. The summed E-state index contributed by atoms with van der Waals surface area (Å²) in [5.41, 5.74) is 0.388. The van der Waals surface area contributed by atoms with Crippen molar-refractivity contribution in [3.8, 4) is 0 Å². The van der Waals surface area contributed by atoms with Crippen LogP contribution in [-0.2, 0) is 26.2 Å². The predicted molar refractivity (Wildman–Crippen MR) is 146 cm³/mol. The number of anilines is 1. The number of nitrogens with one attached hydrogen (secondary N) is 1. The Kier molecular flexibility index (Phi) is 9.27. The fraction of sp³-hybridized carbons (Fsp3) is 0.310. The first-order valence-corrected chi connectivity index (χ1v) is 13.8. The molecule has 0 unspecified atom stereocenters. The van der Waals surface area contributed by atoms with E-state index < -0.39 is 39.9 Å². The van der Waals surface area contributed by atoms with Gasteiger partial charge < -0.3 is 10.2 Å². The summed E-state index contributed by atoms with van der Waals surface area (Å²) in [6, 6.07) is 21.0. The Bertz CT molecular complexity index is 1330. The van der Waals surface area contributed by atoms with Gasteiger partial charge in [-0.3, -0.25) is 13.9 Å². The van der Waals surface area contributed by atoms with E-state index in [2.05, 4.69) is 5.32 Å². The normalized spacial score (nSPS) is 12.4. The standard InChI is InChI=1S/C29H34FN3O4S/c1-5-26(28(35)31-29(2,3)4)32(20-22-16-18-23(30)19-17-22)27(34)21-33(24-12-8-6-9-13-24)38(36,37)25-14-10-7-11-15-25/h6-19,26H,5,20-21H2,1-4H3,(H,31,35)/t26-/m1/s1. The van der Waals surface area contributed by atoms with E-state index in [9.17, 15) is 22.4 Å². The molecule has 202 valence electrons. The number of para-hydroxylation sites is 1. The van der Waals surface area contributed by atoms with Crippen molar-refractivity contribution in [2.24, 2.45) is 0 Å². The van der Waals surface area contributed by atoms with Gasteiger partial charge in [0.15, 0.2) is 0 Å². The first kappa shape index (κ1) is 28.8. The van der Waals surface area contributed by atoms with Crippen molar-refractivity contribution in [2.75, 3.05) is 10.8 Å². The maximum absolute atomic E-state index is 13.9. The lowest BCUT2D eigenvalue weighted by molar-refractivity contribution is -0.141. The average molecular weight is 540 g/mol. The maximum Gasteiger partial charge on any atom is 0.264 e. The van der Waals surface area contributed by atoms with Gasteiger partial charge in [-0.25, -0.2) is 12.8 Å².